The predicted octanol–water partition coefficient (Wildman–Crippen LogP) is -0.264. The van der Waals surface area contributed by atoms with Crippen LogP contribution in [0.1, 0.15) is 25.7 Å². The van der Waals surface area contributed by atoms with Gasteiger partial charge in [-0.2, -0.15) is 0 Å². The molecule has 6 nitrogen and oxygen atoms in total. The molecule has 0 bridgehead atoms. The van der Waals surface area contributed by atoms with Crippen LogP contribution in [-0.2, 0) is 9.59 Å². The van der Waals surface area contributed by atoms with Crippen molar-refractivity contribution in [1.29, 1.82) is 0 Å². The minimum absolute atomic E-state index is 0.0344. The molecule has 1 aliphatic carbocycles. The summed E-state index contributed by atoms with van der Waals surface area (Å²) >= 11 is 0. The molecule has 21 heavy (non-hydrogen) atoms. The molecule has 2 rings (SSSR count). The van der Waals surface area contributed by atoms with Crippen molar-refractivity contribution >= 4 is 11.8 Å². The van der Waals surface area contributed by atoms with E-state index < -0.39 is 0 Å². The molecule has 2 N–H and O–H groups in total. The quantitative estimate of drug-likeness (QED) is 0.759. The van der Waals surface area contributed by atoms with Crippen LogP contribution < -0.4 is 5.73 Å². The van der Waals surface area contributed by atoms with E-state index in [9.17, 15) is 9.59 Å². The smallest absolute Gasteiger partial charge is 0.236 e. The number of likely N-dealkylation sites (N-methyl/N-ethyl adjacent to an activating group) is 1. The Labute approximate surface area is 127 Å². The van der Waals surface area contributed by atoms with Crippen molar-refractivity contribution in [2.75, 3.05) is 46.8 Å². The van der Waals surface area contributed by atoms with E-state index in [1.165, 1.54) is 12.8 Å². The Morgan fingerprint density at radius 1 is 1.19 bits per heavy atom. The lowest BCUT2D eigenvalue weighted by molar-refractivity contribution is -0.131. The minimum Gasteiger partial charge on any atom is -0.348 e. The first-order valence-corrected chi connectivity index (χ1v) is 7.93. The molecular formula is C15H28N4O2. The zero-order valence-electron chi connectivity index (χ0n) is 13.3. The van der Waals surface area contributed by atoms with Crippen LogP contribution in [0.15, 0.2) is 0 Å². The molecule has 120 valence electrons. The van der Waals surface area contributed by atoms with Gasteiger partial charge in [0, 0.05) is 52.7 Å². The van der Waals surface area contributed by atoms with E-state index in [1.54, 1.807) is 19.0 Å². The van der Waals surface area contributed by atoms with E-state index in [-0.39, 0.29) is 17.9 Å². The summed E-state index contributed by atoms with van der Waals surface area (Å²) in [4.78, 5) is 29.7. The lowest BCUT2D eigenvalue weighted by atomic mass is 10.1. The van der Waals surface area contributed by atoms with E-state index >= 15 is 0 Å². The van der Waals surface area contributed by atoms with Crippen molar-refractivity contribution in [2.45, 2.75) is 31.7 Å². The topological polar surface area (TPSA) is 69.9 Å². The molecular weight excluding hydrogens is 268 g/mol. The number of nitrogens with zero attached hydrogens (tertiary/aromatic N) is 3. The monoisotopic (exact) mass is 296 g/mol. The standard InChI is InChI=1S/C15H28N4O2/c1-17(2)15(21)11-18-6-3-7-19(9-8-18)14(20)10-13(16)12-4-5-12/h12-13H,3-11,16H2,1-2H3. The summed E-state index contributed by atoms with van der Waals surface area (Å²) in [5, 5.41) is 0. The Bertz CT molecular complexity index is 382. The Morgan fingerprint density at radius 3 is 2.52 bits per heavy atom. The van der Waals surface area contributed by atoms with Gasteiger partial charge < -0.3 is 15.5 Å². The van der Waals surface area contributed by atoms with Gasteiger partial charge in [-0.3, -0.25) is 14.5 Å². The third kappa shape index (κ3) is 4.97. The van der Waals surface area contributed by atoms with Gasteiger partial charge in [0.1, 0.15) is 0 Å². The maximum atomic E-state index is 12.3. The third-order valence-electron chi connectivity index (χ3n) is 4.44. The number of carbonyl (C=O) groups is 2. The lowest BCUT2D eigenvalue weighted by Gasteiger charge is -2.23. The molecule has 2 fully saturated rings. The van der Waals surface area contributed by atoms with Crippen molar-refractivity contribution in [3.8, 4) is 0 Å². The van der Waals surface area contributed by atoms with Crippen molar-refractivity contribution in [1.82, 2.24) is 14.7 Å². The predicted molar refractivity (Wildman–Crippen MR) is 81.6 cm³/mol. The lowest BCUT2D eigenvalue weighted by Crippen LogP contribution is -2.41. The molecule has 1 aliphatic heterocycles. The normalized spacial score (nSPS) is 21.8. The highest BCUT2D eigenvalue weighted by Gasteiger charge is 2.31. The molecule has 0 radical (unpaired) electrons. The summed E-state index contributed by atoms with van der Waals surface area (Å²) in [5.41, 5.74) is 6.04. The Balaban J connectivity index is 1.77. The molecule has 0 aromatic heterocycles. The van der Waals surface area contributed by atoms with Gasteiger partial charge in [0.2, 0.25) is 11.8 Å². The molecule has 0 spiro atoms. The van der Waals surface area contributed by atoms with Crippen molar-refractivity contribution in [3.63, 3.8) is 0 Å². The van der Waals surface area contributed by atoms with Crippen LogP contribution in [0, 0.1) is 5.92 Å². The summed E-state index contributed by atoms with van der Waals surface area (Å²) in [5.74, 6) is 0.857. The largest absolute Gasteiger partial charge is 0.348 e. The molecule has 2 amide bonds. The molecule has 1 heterocycles. The van der Waals surface area contributed by atoms with Crippen molar-refractivity contribution in [3.05, 3.63) is 0 Å². The summed E-state index contributed by atoms with van der Waals surface area (Å²) < 4.78 is 0. The number of hydrogen-bond acceptors (Lipinski definition) is 4. The van der Waals surface area contributed by atoms with E-state index in [1.807, 2.05) is 4.90 Å². The fourth-order valence-electron chi connectivity index (χ4n) is 2.73. The Kier molecular flexibility index (Phi) is 5.58. The van der Waals surface area contributed by atoms with Crippen LogP contribution in [0.25, 0.3) is 0 Å². The minimum atomic E-state index is 0.0344. The van der Waals surface area contributed by atoms with Gasteiger partial charge in [0.25, 0.3) is 0 Å². The molecule has 1 saturated heterocycles. The van der Waals surface area contributed by atoms with Gasteiger partial charge in [-0.15, -0.1) is 0 Å². The van der Waals surface area contributed by atoms with E-state index in [2.05, 4.69) is 4.90 Å². The number of amides is 2. The molecule has 6 heteroatoms. The van der Waals surface area contributed by atoms with E-state index in [4.69, 9.17) is 5.73 Å². The first-order valence-electron chi connectivity index (χ1n) is 7.93. The van der Waals surface area contributed by atoms with Gasteiger partial charge in [-0.1, -0.05) is 0 Å². The van der Waals surface area contributed by atoms with Gasteiger partial charge >= 0.3 is 0 Å². The summed E-state index contributed by atoms with van der Waals surface area (Å²) in [7, 11) is 3.55. The molecule has 2 aliphatic rings. The summed E-state index contributed by atoms with van der Waals surface area (Å²) in [6.07, 6.45) is 3.75. The molecule has 1 atom stereocenters. The van der Waals surface area contributed by atoms with E-state index in [0.717, 1.165) is 26.1 Å². The van der Waals surface area contributed by atoms with Crippen LogP contribution in [0.4, 0.5) is 0 Å². The maximum absolute atomic E-state index is 12.3. The molecule has 0 aromatic rings. The second-order valence-electron chi connectivity index (χ2n) is 6.50. The maximum Gasteiger partial charge on any atom is 0.236 e. The number of rotatable bonds is 5. The van der Waals surface area contributed by atoms with Gasteiger partial charge in [0.05, 0.1) is 6.54 Å². The second-order valence-corrected chi connectivity index (χ2v) is 6.50. The van der Waals surface area contributed by atoms with Crippen LogP contribution >= 0.6 is 0 Å². The summed E-state index contributed by atoms with van der Waals surface area (Å²) in [6, 6.07) is 0.0344. The third-order valence-corrected chi connectivity index (χ3v) is 4.44. The molecule has 1 unspecified atom stereocenters. The van der Waals surface area contributed by atoms with Gasteiger partial charge in [-0.05, 0) is 25.2 Å². The zero-order valence-corrected chi connectivity index (χ0v) is 13.3. The highest BCUT2D eigenvalue weighted by molar-refractivity contribution is 5.78. The Morgan fingerprint density at radius 2 is 1.90 bits per heavy atom. The zero-order chi connectivity index (χ0) is 15.4. The van der Waals surface area contributed by atoms with Crippen molar-refractivity contribution < 1.29 is 9.59 Å². The Hall–Kier alpha value is -1.14. The van der Waals surface area contributed by atoms with Gasteiger partial charge in [0.15, 0.2) is 0 Å². The van der Waals surface area contributed by atoms with Gasteiger partial charge in [-0.25, -0.2) is 0 Å². The highest BCUT2D eigenvalue weighted by atomic mass is 16.2. The summed E-state index contributed by atoms with van der Waals surface area (Å²) in [6.45, 7) is 3.57. The average Bonchev–Trinajstić information content (AvgIpc) is 3.25. The van der Waals surface area contributed by atoms with E-state index in [0.29, 0.717) is 25.4 Å². The van der Waals surface area contributed by atoms with Crippen LogP contribution in [0.3, 0.4) is 0 Å². The molecule has 1 saturated carbocycles. The fourth-order valence-corrected chi connectivity index (χ4v) is 2.73. The SMILES string of the molecule is CN(C)C(=O)CN1CCCN(C(=O)CC(N)C2CC2)CC1. The van der Waals surface area contributed by atoms with Crippen LogP contribution in [0.2, 0.25) is 0 Å². The number of hydrogen-bond donors (Lipinski definition) is 1. The van der Waals surface area contributed by atoms with Crippen molar-refractivity contribution in [2.24, 2.45) is 11.7 Å². The van der Waals surface area contributed by atoms with Crippen LogP contribution in [-0.4, -0.2) is 79.4 Å². The second kappa shape index (κ2) is 7.22. The van der Waals surface area contributed by atoms with Crippen LogP contribution in [0.5, 0.6) is 0 Å². The number of nitrogens with two attached hydrogens (primary N) is 1. The molecule has 0 aromatic carbocycles. The average molecular weight is 296 g/mol. The fraction of sp³-hybridized carbons (Fsp3) is 0.867. The first-order chi connectivity index (χ1) is 9.97. The highest BCUT2D eigenvalue weighted by Crippen LogP contribution is 2.33. The number of carbonyl (C=O) groups excluding carboxylic acids is 2. The first kappa shape index (κ1) is 16.2.